The van der Waals surface area contributed by atoms with Crippen LogP contribution in [-0.2, 0) is 14.3 Å². The summed E-state index contributed by atoms with van der Waals surface area (Å²) in [5.41, 5.74) is 0.999. The zero-order valence-corrected chi connectivity index (χ0v) is 16.2. The van der Waals surface area contributed by atoms with E-state index in [4.69, 9.17) is 4.74 Å². The van der Waals surface area contributed by atoms with Crippen LogP contribution in [0.4, 0.5) is 0 Å². The SMILES string of the molecule is CCCCCCCC[C@H]1C=CC(=O)/C1=C/CCCCCC(=O)OCC. The number of carbonyl (C=O) groups is 2. The number of ether oxygens (including phenoxy) is 1. The van der Waals surface area contributed by atoms with Crippen molar-refractivity contribution in [3.8, 4) is 0 Å². The van der Waals surface area contributed by atoms with Crippen LogP contribution < -0.4 is 0 Å². The van der Waals surface area contributed by atoms with E-state index in [2.05, 4.69) is 19.1 Å². The predicted molar refractivity (Wildman–Crippen MR) is 103 cm³/mol. The zero-order chi connectivity index (χ0) is 18.3. The van der Waals surface area contributed by atoms with Gasteiger partial charge in [-0.2, -0.15) is 0 Å². The molecular formula is C22H36O3. The first-order valence-electron chi connectivity index (χ1n) is 10.3. The van der Waals surface area contributed by atoms with Crippen LogP contribution >= 0.6 is 0 Å². The van der Waals surface area contributed by atoms with Crippen molar-refractivity contribution in [2.24, 2.45) is 5.92 Å². The Hall–Kier alpha value is -1.38. The summed E-state index contributed by atoms with van der Waals surface area (Å²) in [6.45, 7) is 4.53. The molecule has 0 saturated heterocycles. The maximum atomic E-state index is 12.0. The molecule has 0 aromatic heterocycles. The van der Waals surface area contributed by atoms with E-state index in [1.54, 1.807) is 6.08 Å². The number of rotatable bonds is 14. The molecule has 3 nitrogen and oxygen atoms in total. The Morgan fingerprint density at radius 3 is 2.52 bits per heavy atom. The van der Waals surface area contributed by atoms with Gasteiger partial charge in [-0.3, -0.25) is 9.59 Å². The van der Waals surface area contributed by atoms with Gasteiger partial charge in [-0.05, 0) is 38.7 Å². The average Bonchev–Trinajstić information content (AvgIpc) is 2.94. The van der Waals surface area contributed by atoms with E-state index in [9.17, 15) is 9.59 Å². The summed E-state index contributed by atoms with van der Waals surface area (Å²) in [6.07, 6.45) is 19.2. The molecule has 142 valence electrons. The quantitative estimate of drug-likeness (QED) is 0.222. The molecule has 0 heterocycles. The van der Waals surface area contributed by atoms with Crippen LogP contribution in [-0.4, -0.2) is 18.4 Å². The van der Waals surface area contributed by atoms with Crippen LogP contribution in [0.25, 0.3) is 0 Å². The first-order valence-corrected chi connectivity index (χ1v) is 10.3. The van der Waals surface area contributed by atoms with Crippen molar-refractivity contribution in [2.45, 2.75) is 90.9 Å². The van der Waals surface area contributed by atoms with E-state index in [-0.39, 0.29) is 11.8 Å². The lowest BCUT2D eigenvalue weighted by Gasteiger charge is -2.10. The Labute approximate surface area is 153 Å². The van der Waals surface area contributed by atoms with E-state index in [1.165, 1.54) is 38.5 Å². The summed E-state index contributed by atoms with van der Waals surface area (Å²) < 4.78 is 4.92. The van der Waals surface area contributed by atoms with E-state index < -0.39 is 0 Å². The molecule has 0 saturated carbocycles. The van der Waals surface area contributed by atoms with Crippen molar-refractivity contribution >= 4 is 11.8 Å². The fourth-order valence-electron chi connectivity index (χ4n) is 3.32. The van der Waals surface area contributed by atoms with Gasteiger partial charge in [0.2, 0.25) is 0 Å². The molecule has 0 aromatic carbocycles. The summed E-state index contributed by atoms with van der Waals surface area (Å²) >= 11 is 0. The lowest BCUT2D eigenvalue weighted by Crippen LogP contribution is -2.04. The van der Waals surface area contributed by atoms with Crippen molar-refractivity contribution in [3.05, 3.63) is 23.8 Å². The van der Waals surface area contributed by atoms with Crippen molar-refractivity contribution in [1.82, 2.24) is 0 Å². The molecule has 0 amide bonds. The maximum absolute atomic E-state index is 12.0. The normalized spacial score (nSPS) is 18.2. The summed E-state index contributed by atoms with van der Waals surface area (Å²) in [6, 6.07) is 0. The topological polar surface area (TPSA) is 43.4 Å². The molecule has 0 radical (unpaired) electrons. The molecule has 0 aromatic rings. The van der Waals surface area contributed by atoms with Crippen LogP contribution in [0.5, 0.6) is 0 Å². The number of ketones is 1. The van der Waals surface area contributed by atoms with Crippen molar-refractivity contribution in [1.29, 1.82) is 0 Å². The summed E-state index contributed by atoms with van der Waals surface area (Å²) in [5, 5.41) is 0. The highest BCUT2D eigenvalue weighted by atomic mass is 16.5. The zero-order valence-electron chi connectivity index (χ0n) is 16.2. The highest BCUT2D eigenvalue weighted by Crippen LogP contribution is 2.28. The largest absolute Gasteiger partial charge is 0.466 e. The Balaban J connectivity index is 2.19. The molecule has 25 heavy (non-hydrogen) atoms. The lowest BCUT2D eigenvalue weighted by atomic mass is 9.94. The predicted octanol–water partition coefficient (Wildman–Crippen LogP) is 5.93. The molecule has 0 fully saturated rings. The summed E-state index contributed by atoms with van der Waals surface area (Å²) in [7, 11) is 0. The van der Waals surface area contributed by atoms with Gasteiger partial charge >= 0.3 is 5.97 Å². The second-order valence-electron chi connectivity index (χ2n) is 6.95. The van der Waals surface area contributed by atoms with Crippen molar-refractivity contribution in [3.63, 3.8) is 0 Å². The molecule has 0 bridgehead atoms. The molecule has 0 unspecified atom stereocenters. The standard InChI is InChI=1S/C22H36O3/c1-3-5-6-7-8-11-14-19-17-18-21(23)20(19)15-12-9-10-13-16-22(24)25-4-2/h15,17-19H,3-14,16H2,1-2H3/b20-15+/t19-/m0/s1. The number of carbonyl (C=O) groups excluding carboxylic acids is 2. The highest BCUT2D eigenvalue weighted by molar-refractivity contribution is 6.07. The van der Waals surface area contributed by atoms with Gasteiger partial charge in [-0.15, -0.1) is 0 Å². The molecule has 3 heteroatoms. The highest BCUT2D eigenvalue weighted by Gasteiger charge is 2.21. The Kier molecular flexibility index (Phi) is 12.0. The number of esters is 1. The monoisotopic (exact) mass is 348 g/mol. The lowest BCUT2D eigenvalue weighted by molar-refractivity contribution is -0.143. The molecule has 1 atom stereocenters. The number of hydrogen-bond donors (Lipinski definition) is 0. The molecule has 0 N–H and O–H groups in total. The van der Waals surface area contributed by atoms with Gasteiger partial charge in [0.15, 0.2) is 5.78 Å². The van der Waals surface area contributed by atoms with E-state index in [1.807, 2.05) is 6.92 Å². The van der Waals surface area contributed by atoms with Gasteiger partial charge in [0.25, 0.3) is 0 Å². The third-order valence-electron chi connectivity index (χ3n) is 4.79. The molecule has 1 rings (SSSR count). The van der Waals surface area contributed by atoms with Crippen molar-refractivity contribution in [2.75, 3.05) is 6.61 Å². The minimum atomic E-state index is -0.102. The van der Waals surface area contributed by atoms with Crippen molar-refractivity contribution < 1.29 is 14.3 Å². The van der Waals surface area contributed by atoms with E-state index >= 15 is 0 Å². The first kappa shape index (κ1) is 21.7. The smallest absolute Gasteiger partial charge is 0.305 e. The molecule has 1 aliphatic carbocycles. The number of allylic oxidation sites excluding steroid dienone is 4. The molecular weight excluding hydrogens is 312 g/mol. The molecule has 0 spiro atoms. The minimum absolute atomic E-state index is 0.102. The van der Waals surface area contributed by atoms with Gasteiger partial charge in [-0.1, -0.05) is 64.0 Å². The second-order valence-corrected chi connectivity index (χ2v) is 6.95. The van der Waals surface area contributed by atoms with E-state index in [0.29, 0.717) is 18.9 Å². The Morgan fingerprint density at radius 1 is 1.04 bits per heavy atom. The van der Waals surface area contributed by atoms with Gasteiger partial charge in [0.1, 0.15) is 0 Å². The third kappa shape index (κ3) is 9.62. The molecule has 1 aliphatic rings. The van der Waals surface area contributed by atoms with Crippen LogP contribution in [0.1, 0.15) is 90.9 Å². The van der Waals surface area contributed by atoms with Gasteiger partial charge in [-0.25, -0.2) is 0 Å². The van der Waals surface area contributed by atoms with Crippen LogP contribution in [0, 0.1) is 5.92 Å². The van der Waals surface area contributed by atoms with Crippen LogP contribution in [0.15, 0.2) is 23.8 Å². The second kappa shape index (κ2) is 13.9. The Bertz CT molecular complexity index is 448. The Morgan fingerprint density at radius 2 is 1.76 bits per heavy atom. The van der Waals surface area contributed by atoms with Gasteiger partial charge in [0.05, 0.1) is 6.61 Å². The number of unbranched alkanes of at least 4 members (excludes halogenated alkanes) is 8. The maximum Gasteiger partial charge on any atom is 0.305 e. The summed E-state index contributed by atoms with van der Waals surface area (Å²) in [5.74, 6) is 0.427. The average molecular weight is 349 g/mol. The van der Waals surface area contributed by atoms with Gasteiger partial charge < -0.3 is 4.74 Å². The third-order valence-corrected chi connectivity index (χ3v) is 4.79. The van der Waals surface area contributed by atoms with E-state index in [0.717, 1.165) is 37.7 Å². The minimum Gasteiger partial charge on any atom is -0.466 e. The van der Waals surface area contributed by atoms with Gasteiger partial charge in [0, 0.05) is 17.9 Å². The molecule has 0 aliphatic heterocycles. The van der Waals surface area contributed by atoms with Crippen LogP contribution in [0.3, 0.4) is 0 Å². The fraction of sp³-hybridized carbons (Fsp3) is 0.727. The number of hydrogen-bond acceptors (Lipinski definition) is 3. The van der Waals surface area contributed by atoms with Crippen LogP contribution in [0.2, 0.25) is 0 Å². The first-order chi connectivity index (χ1) is 12.2. The summed E-state index contributed by atoms with van der Waals surface area (Å²) in [4.78, 5) is 23.3. The fourth-order valence-corrected chi connectivity index (χ4v) is 3.32.